The number of carbonyl (C=O) groups excluding carboxylic acids is 1. The summed E-state index contributed by atoms with van der Waals surface area (Å²) < 4.78 is 50.5. The molecule has 0 fully saturated rings. The molecule has 108 valence electrons. The zero-order valence-electron chi connectivity index (χ0n) is 10.6. The smallest absolute Gasteiger partial charge is 0.377 e. The van der Waals surface area contributed by atoms with Gasteiger partial charge in [0.2, 0.25) is 0 Å². The molecule has 0 radical (unpaired) electrons. The van der Waals surface area contributed by atoms with Crippen LogP contribution in [0.4, 0.5) is 13.2 Å². The lowest BCUT2D eigenvalue weighted by Crippen LogP contribution is -2.38. The van der Waals surface area contributed by atoms with Crippen molar-refractivity contribution in [2.45, 2.75) is 25.8 Å². The quantitative estimate of drug-likeness (QED) is 0.531. The van der Waals surface area contributed by atoms with Crippen molar-refractivity contribution in [3.63, 3.8) is 0 Å². The lowest BCUT2D eigenvalue weighted by molar-refractivity contribution is -0.203. The molecule has 0 rings (SSSR count). The average molecular weight is 273 g/mol. The molecule has 0 bridgehead atoms. The molecule has 0 aliphatic carbocycles. The highest BCUT2D eigenvalue weighted by atomic mass is 19.4. The van der Waals surface area contributed by atoms with Crippen LogP contribution in [0.3, 0.4) is 0 Å². The van der Waals surface area contributed by atoms with Crippen LogP contribution in [-0.2, 0) is 19.0 Å². The first-order chi connectivity index (χ1) is 8.19. The minimum absolute atomic E-state index is 0.0153. The van der Waals surface area contributed by atoms with Crippen molar-refractivity contribution in [3.8, 4) is 0 Å². The predicted molar refractivity (Wildman–Crippen MR) is 56.9 cm³/mol. The summed E-state index contributed by atoms with van der Waals surface area (Å²) in [6, 6.07) is 0. The van der Waals surface area contributed by atoms with Crippen LogP contribution in [0, 0.1) is 0 Å². The van der Waals surface area contributed by atoms with E-state index in [9.17, 15) is 18.0 Å². The first-order valence-electron chi connectivity index (χ1n) is 5.31. The zero-order valence-corrected chi connectivity index (χ0v) is 10.6. The van der Waals surface area contributed by atoms with Crippen LogP contribution in [0.25, 0.3) is 0 Å². The lowest BCUT2D eigenvalue weighted by Gasteiger charge is -2.23. The van der Waals surface area contributed by atoms with E-state index in [1.807, 2.05) is 0 Å². The van der Waals surface area contributed by atoms with Gasteiger partial charge in [0.05, 0.1) is 19.8 Å². The van der Waals surface area contributed by atoms with E-state index in [1.165, 1.54) is 7.11 Å². The number of rotatable bonds is 8. The van der Waals surface area contributed by atoms with Crippen LogP contribution < -0.4 is 5.32 Å². The first-order valence-corrected chi connectivity index (χ1v) is 5.31. The van der Waals surface area contributed by atoms with Gasteiger partial charge < -0.3 is 19.5 Å². The Labute approximate surface area is 104 Å². The minimum Gasteiger partial charge on any atom is -0.377 e. The van der Waals surface area contributed by atoms with Gasteiger partial charge in [0.15, 0.2) is 5.79 Å². The molecule has 5 nitrogen and oxygen atoms in total. The molecule has 18 heavy (non-hydrogen) atoms. The van der Waals surface area contributed by atoms with Gasteiger partial charge in [-0.3, -0.25) is 4.79 Å². The SMILES string of the molecule is COC(C)(C)OCCOCCNC(=O)C(F)(F)F. The van der Waals surface area contributed by atoms with Crippen molar-refractivity contribution in [1.29, 1.82) is 0 Å². The summed E-state index contributed by atoms with van der Waals surface area (Å²) in [4.78, 5) is 10.4. The van der Waals surface area contributed by atoms with Gasteiger partial charge in [-0.25, -0.2) is 0 Å². The second kappa shape index (κ2) is 7.55. The van der Waals surface area contributed by atoms with Gasteiger partial charge >= 0.3 is 12.1 Å². The largest absolute Gasteiger partial charge is 0.471 e. The monoisotopic (exact) mass is 273 g/mol. The molecule has 0 aliphatic heterocycles. The van der Waals surface area contributed by atoms with Crippen molar-refractivity contribution in [3.05, 3.63) is 0 Å². The fourth-order valence-electron chi connectivity index (χ4n) is 0.844. The van der Waals surface area contributed by atoms with Crippen LogP contribution in [0.5, 0.6) is 0 Å². The van der Waals surface area contributed by atoms with Gasteiger partial charge in [-0.05, 0) is 13.8 Å². The maximum Gasteiger partial charge on any atom is 0.471 e. The molecule has 0 atom stereocenters. The average Bonchev–Trinajstić information content (AvgIpc) is 2.26. The number of hydrogen-bond acceptors (Lipinski definition) is 4. The fraction of sp³-hybridized carbons (Fsp3) is 0.900. The van der Waals surface area contributed by atoms with Crippen molar-refractivity contribution < 1.29 is 32.2 Å². The van der Waals surface area contributed by atoms with Gasteiger partial charge in [-0.1, -0.05) is 0 Å². The van der Waals surface area contributed by atoms with E-state index < -0.39 is 17.9 Å². The van der Waals surface area contributed by atoms with E-state index >= 15 is 0 Å². The second-order valence-electron chi connectivity index (χ2n) is 3.82. The highest BCUT2D eigenvalue weighted by molar-refractivity contribution is 5.81. The Kier molecular flexibility index (Phi) is 7.19. The highest BCUT2D eigenvalue weighted by Gasteiger charge is 2.38. The Hall–Kier alpha value is -0.860. The third-order valence-corrected chi connectivity index (χ3v) is 1.96. The molecule has 0 heterocycles. The standard InChI is InChI=1S/C10H18F3NO4/c1-9(2,16-3)18-7-6-17-5-4-14-8(15)10(11,12)13/h4-7H2,1-3H3,(H,14,15). The number of hydrogen-bond donors (Lipinski definition) is 1. The maximum atomic E-state index is 11.8. The Balaban J connectivity index is 3.45. The van der Waals surface area contributed by atoms with E-state index in [0.29, 0.717) is 0 Å². The molecular weight excluding hydrogens is 255 g/mol. The van der Waals surface area contributed by atoms with Gasteiger partial charge in [-0.15, -0.1) is 0 Å². The summed E-state index contributed by atoms with van der Waals surface area (Å²) in [7, 11) is 1.49. The molecule has 0 aromatic heterocycles. The molecule has 0 spiro atoms. The summed E-state index contributed by atoms with van der Waals surface area (Å²) in [5.41, 5.74) is 0. The van der Waals surface area contributed by atoms with Gasteiger partial charge in [0.1, 0.15) is 0 Å². The van der Waals surface area contributed by atoms with Gasteiger partial charge in [0, 0.05) is 13.7 Å². The maximum absolute atomic E-state index is 11.8. The second-order valence-corrected chi connectivity index (χ2v) is 3.82. The summed E-state index contributed by atoms with van der Waals surface area (Å²) in [5, 5.41) is 1.69. The lowest BCUT2D eigenvalue weighted by atomic mass is 10.4. The van der Waals surface area contributed by atoms with Gasteiger partial charge in [0.25, 0.3) is 0 Å². The third kappa shape index (κ3) is 8.26. The van der Waals surface area contributed by atoms with E-state index in [0.717, 1.165) is 0 Å². The van der Waals surface area contributed by atoms with E-state index in [4.69, 9.17) is 14.2 Å². The molecule has 0 aliphatic rings. The number of halogens is 3. The summed E-state index contributed by atoms with van der Waals surface area (Å²) >= 11 is 0. The molecule has 1 N–H and O–H groups in total. The van der Waals surface area contributed by atoms with Crippen LogP contribution in [0.15, 0.2) is 0 Å². The molecule has 0 saturated carbocycles. The predicted octanol–water partition coefficient (Wildman–Crippen LogP) is 1.08. The Morgan fingerprint density at radius 1 is 1.17 bits per heavy atom. The van der Waals surface area contributed by atoms with Crippen LogP contribution >= 0.6 is 0 Å². The van der Waals surface area contributed by atoms with E-state index in [-0.39, 0.29) is 26.4 Å². The number of carbonyl (C=O) groups is 1. The normalized spacial score (nSPS) is 12.6. The van der Waals surface area contributed by atoms with Crippen LogP contribution in [0.2, 0.25) is 0 Å². The van der Waals surface area contributed by atoms with Crippen LogP contribution in [-0.4, -0.2) is 51.3 Å². The molecule has 8 heteroatoms. The number of methoxy groups -OCH3 is 1. The molecule has 0 aromatic carbocycles. The number of nitrogens with one attached hydrogen (secondary N) is 1. The zero-order chi connectivity index (χ0) is 14.2. The summed E-state index contributed by atoms with van der Waals surface area (Å²) in [6.45, 7) is 3.67. The topological polar surface area (TPSA) is 56.8 Å². The van der Waals surface area contributed by atoms with E-state index in [1.54, 1.807) is 19.2 Å². The first kappa shape index (κ1) is 17.1. The Morgan fingerprint density at radius 2 is 1.78 bits per heavy atom. The van der Waals surface area contributed by atoms with Gasteiger partial charge in [-0.2, -0.15) is 13.2 Å². The molecule has 0 saturated heterocycles. The molecular formula is C10H18F3NO4. The number of alkyl halides is 3. The van der Waals surface area contributed by atoms with Crippen molar-refractivity contribution in [2.24, 2.45) is 0 Å². The van der Waals surface area contributed by atoms with Crippen molar-refractivity contribution in [2.75, 3.05) is 33.5 Å². The van der Waals surface area contributed by atoms with E-state index in [2.05, 4.69) is 0 Å². The minimum atomic E-state index is -4.86. The molecule has 1 amide bonds. The van der Waals surface area contributed by atoms with Crippen molar-refractivity contribution >= 4 is 5.91 Å². The summed E-state index contributed by atoms with van der Waals surface area (Å²) in [5.74, 6) is -2.70. The molecule has 0 aromatic rings. The Morgan fingerprint density at radius 3 is 2.28 bits per heavy atom. The molecule has 0 unspecified atom stereocenters. The summed E-state index contributed by atoms with van der Waals surface area (Å²) in [6.07, 6.45) is -4.86. The van der Waals surface area contributed by atoms with Crippen LogP contribution in [0.1, 0.15) is 13.8 Å². The highest BCUT2D eigenvalue weighted by Crippen LogP contribution is 2.13. The number of ether oxygens (including phenoxy) is 3. The number of amides is 1. The van der Waals surface area contributed by atoms with Crippen molar-refractivity contribution in [1.82, 2.24) is 5.32 Å². The Bertz CT molecular complexity index is 256. The fourth-order valence-corrected chi connectivity index (χ4v) is 0.844. The third-order valence-electron chi connectivity index (χ3n) is 1.96.